The smallest absolute Gasteiger partial charge is 0.120 e. The number of pyridine rings is 1. The zero-order valence-corrected chi connectivity index (χ0v) is 9.55. The first-order valence-electron chi connectivity index (χ1n) is 5.43. The molecule has 0 atom stereocenters. The van der Waals surface area contributed by atoms with Gasteiger partial charge in [0, 0.05) is 12.4 Å². The molecule has 0 saturated carbocycles. The number of nitrogens with zero attached hydrogens (tertiary/aromatic N) is 1. The Balaban J connectivity index is 2.29. The first-order chi connectivity index (χ1) is 7.75. The second kappa shape index (κ2) is 4.79. The lowest BCUT2D eigenvalue weighted by molar-refractivity contribution is 0.242. The van der Waals surface area contributed by atoms with Crippen molar-refractivity contribution in [2.75, 3.05) is 0 Å². The number of benzene rings is 1. The van der Waals surface area contributed by atoms with Crippen molar-refractivity contribution < 1.29 is 4.74 Å². The van der Waals surface area contributed by atoms with E-state index in [0.29, 0.717) is 0 Å². The van der Waals surface area contributed by atoms with Gasteiger partial charge in [0.1, 0.15) is 5.75 Å². The largest absolute Gasteiger partial charge is 0.491 e. The molecule has 82 valence electrons. The molecule has 0 radical (unpaired) electrons. The van der Waals surface area contributed by atoms with Crippen molar-refractivity contribution in [2.24, 2.45) is 0 Å². The Morgan fingerprint density at radius 1 is 1.00 bits per heavy atom. The lowest BCUT2D eigenvalue weighted by Crippen LogP contribution is -2.05. The summed E-state index contributed by atoms with van der Waals surface area (Å²) in [5.74, 6) is 0.907. The first-order valence-corrected chi connectivity index (χ1v) is 5.43. The van der Waals surface area contributed by atoms with Gasteiger partial charge in [-0.25, -0.2) is 0 Å². The third-order valence-electron chi connectivity index (χ3n) is 2.22. The summed E-state index contributed by atoms with van der Waals surface area (Å²) in [5, 5.41) is 0. The average Bonchev–Trinajstić information content (AvgIpc) is 2.30. The molecule has 0 aliphatic carbocycles. The molecule has 0 bridgehead atoms. The molecule has 1 aromatic carbocycles. The van der Waals surface area contributed by atoms with Crippen molar-refractivity contribution in [3.05, 3.63) is 48.8 Å². The van der Waals surface area contributed by atoms with Crippen molar-refractivity contribution in [1.82, 2.24) is 4.98 Å². The molecule has 1 aromatic heterocycles. The number of hydrogen-bond donors (Lipinski definition) is 0. The van der Waals surface area contributed by atoms with E-state index < -0.39 is 0 Å². The number of aromatic nitrogens is 1. The van der Waals surface area contributed by atoms with Gasteiger partial charge in [0.05, 0.1) is 6.10 Å². The van der Waals surface area contributed by atoms with Crippen LogP contribution in [-0.4, -0.2) is 11.1 Å². The predicted molar refractivity (Wildman–Crippen MR) is 65.4 cm³/mol. The molecule has 0 N–H and O–H groups in total. The molecule has 0 saturated heterocycles. The lowest BCUT2D eigenvalue weighted by Gasteiger charge is -2.10. The maximum Gasteiger partial charge on any atom is 0.120 e. The van der Waals surface area contributed by atoms with E-state index in [1.165, 1.54) is 0 Å². The van der Waals surface area contributed by atoms with E-state index in [1.807, 2.05) is 38.1 Å². The second-order valence-electron chi connectivity index (χ2n) is 3.93. The van der Waals surface area contributed by atoms with Gasteiger partial charge < -0.3 is 4.74 Å². The van der Waals surface area contributed by atoms with Crippen molar-refractivity contribution >= 4 is 0 Å². The fourth-order valence-corrected chi connectivity index (χ4v) is 1.57. The summed E-state index contributed by atoms with van der Waals surface area (Å²) in [7, 11) is 0. The minimum Gasteiger partial charge on any atom is -0.491 e. The van der Waals surface area contributed by atoms with Crippen LogP contribution in [0.25, 0.3) is 11.1 Å². The highest BCUT2D eigenvalue weighted by Crippen LogP contribution is 2.23. The highest BCUT2D eigenvalue weighted by Gasteiger charge is 2.00. The summed E-state index contributed by atoms with van der Waals surface area (Å²) in [6, 6.07) is 12.1. The second-order valence-corrected chi connectivity index (χ2v) is 3.93. The number of rotatable bonds is 3. The summed E-state index contributed by atoms with van der Waals surface area (Å²) in [6.07, 6.45) is 3.80. The Labute approximate surface area is 95.9 Å². The average molecular weight is 213 g/mol. The van der Waals surface area contributed by atoms with Gasteiger partial charge in [0.15, 0.2) is 0 Å². The first kappa shape index (κ1) is 10.7. The van der Waals surface area contributed by atoms with E-state index in [1.54, 1.807) is 12.4 Å². The summed E-state index contributed by atoms with van der Waals surface area (Å²) in [6.45, 7) is 4.05. The summed E-state index contributed by atoms with van der Waals surface area (Å²) in [5.41, 5.74) is 2.31. The Hall–Kier alpha value is -1.83. The molecule has 0 aliphatic heterocycles. The van der Waals surface area contributed by atoms with Crippen LogP contribution >= 0.6 is 0 Å². The minimum absolute atomic E-state index is 0.202. The molecule has 2 rings (SSSR count). The van der Waals surface area contributed by atoms with Crippen molar-refractivity contribution in [3.8, 4) is 16.9 Å². The van der Waals surface area contributed by atoms with Crippen molar-refractivity contribution in [3.63, 3.8) is 0 Å². The van der Waals surface area contributed by atoms with E-state index in [9.17, 15) is 0 Å². The maximum absolute atomic E-state index is 5.66. The van der Waals surface area contributed by atoms with Gasteiger partial charge in [0.25, 0.3) is 0 Å². The van der Waals surface area contributed by atoms with E-state index in [2.05, 4.69) is 17.1 Å². The minimum atomic E-state index is 0.202. The number of ether oxygens (including phenoxy) is 1. The molecule has 0 spiro atoms. The van der Waals surface area contributed by atoms with Gasteiger partial charge in [-0.1, -0.05) is 12.1 Å². The van der Waals surface area contributed by atoms with Crippen LogP contribution in [-0.2, 0) is 0 Å². The molecule has 0 aliphatic rings. The maximum atomic E-state index is 5.66. The van der Waals surface area contributed by atoms with Gasteiger partial charge in [-0.3, -0.25) is 4.98 Å². The zero-order chi connectivity index (χ0) is 11.4. The molecule has 16 heavy (non-hydrogen) atoms. The van der Waals surface area contributed by atoms with Crippen molar-refractivity contribution in [2.45, 2.75) is 20.0 Å². The van der Waals surface area contributed by atoms with E-state index in [-0.39, 0.29) is 6.10 Å². The summed E-state index contributed by atoms with van der Waals surface area (Å²) >= 11 is 0. The summed E-state index contributed by atoms with van der Waals surface area (Å²) in [4.78, 5) is 4.01. The van der Waals surface area contributed by atoms with E-state index in [4.69, 9.17) is 4.74 Å². The Kier molecular flexibility index (Phi) is 3.20. The third-order valence-corrected chi connectivity index (χ3v) is 2.22. The quantitative estimate of drug-likeness (QED) is 0.778. The van der Waals surface area contributed by atoms with Crippen LogP contribution < -0.4 is 4.74 Å². The molecule has 0 unspecified atom stereocenters. The van der Waals surface area contributed by atoms with Crippen LogP contribution in [0.5, 0.6) is 5.75 Å². The van der Waals surface area contributed by atoms with Crippen LogP contribution in [0, 0.1) is 0 Å². The van der Waals surface area contributed by atoms with Gasteiger partial charge in [-0.2, -0.15) is 0 Å². The molecule has 1 heterocycles. The van der Waals surface area contributed by atoms with Crippen LogP contribution in [0.15, 0.2) is 48.8 Å². The Morgan fingerprint density at radius 3 is 2.44 bits per heavy atom. The molecular weight excluding hydrogens is 198 g/mol. The fourth-order valence-electron chi connectivity index (χ4n) is 1.57. The normalized spacial score (nSPS) is 10.4. The van der Waals surface area contributed by atoms with Gasteiger partial charge >= 0.3 is 0 Å². The molecule has 2 nitrogen and oxygen atoms in total. The Bertz CT molecular complexity index is 451. The predicted octanol–water partition coefficient (Wildman–Crippen LogP) is 3.54. The lowest BCUT2D eigenvalue weighted by atomic mass is 10.1. The zero-order valence-electron chi connectivity index (χ0n) is 9.55. The van der Waals surface area contributed by atoms with E-state index in [0.717, 1.165) is 16.9 Å². The number of hydrogen-bond acceptors (Lipinski definition) is 2. The molecular formula is C14H15NO. The van der Waals surface area contributed by atoms with Crippen LogP contribution in [0.1, 0.15) is 13.8 Å². The van der Waals surface area contributed by atoms with Crippen molar-refractivity contribution in [1.29, 1.82) is 0 Å². The molecule has 0 amide bonds. The standard InChI is InChI=1S/C14H15NO/c1-11(2)16-14-5-3-4-13(10-14)12-6-8-15-9-7-12/h3-11H,1-2H3. The van der Waals surface area contributed by atoms with Gasteiger partial charge in [-0.15, -0.1) is 0 Å². The molecule has 2 heteroatoms. The third kappa shape index (κ3) is 2.60. The highest BCUT2D eigenvalue weighted by molar-refractivity contribution is 5.64. The van der Waals surface area contributed by atoms with Gasteiger partial charge in [-0.05, 0) is 49.2 Å². The topological polar surface area (TPSA) is 22.1 Å². The van der Waals surface area contributed by atoms with E-state index >= 15 is 0 Å². The highest BCUT2D eigenvalue weighted by atomic mass is 16.5. The Morgan fingerprint density at radius 2 is 1.75 bits per heavy atom. The van der Waals surface area contributed by atoms with Crippen LogP contribution in [0.3, 0.4) is 0 Å². The molecule has 0 fully saturated rings. The van der Waals surface area contributed by atoms with Crippen LogP contribution in [0.2, 0.25) is 0 Å². The van der Waals surface area contributed by atoms with Gasteiger partial charge in [0.2, 0.25) is 0 Å². The molecule has 2 aromatic rings. The van der Waals surface area contributed by atoms with Crippen LogP contribution in [0.4, 0.5) is 0 Å². The fraction of sp³-hybridized carbons (Fsp3) is 0.214. The monoisotopic (exact) mass is 213 g/mol. The summed E-state index contributed by atoms with van der Waals surface area (Å²) < 4.78 is 5.66. The SMILES string of the molecule is CC(C)Oc1cccc(-c2ccncc2)c1.